The molecule has 21 heavy (non-hydrogen) atoms. The van der Waals surface area contributed by atoms with Crippen molar-refractivity contribution in [2.45, 2.75) is 33.0 Å². The Morgan fingerprint density at radius 3 is 2.76 bits per heavy atom. The first-order chi connectivity index (χ1) is 10.1. The molecule has 0 bridgehead atoms. The second-order valence-electron chi connectivity index (χ2n) is 5.85. The van der Waals surface area contributed by atoms with Gasteiger partial charge >= 0.3 is 0 Å². The van der Waals surface area contributed by atoms with E-state index < -0.39 is 0 Å². The van der Waals surface area contributed by atoms with E-state index in [1.807, 2.05) is 29.9 Å². The molecule has 1 fully saturated rings. The van der Waals surface area contributed by atoms with Crippen molar-refractivity contribution in [2.75, 3.05) is 19.6 Å². The van der Waals surface area contributed by atoms with Crippen molar-refractivity contribution < 1.29 is 0 Å². The number of aromatic nitrogens is 3. The van der Waals surface area contributed by atoms with E-state index >= 15 is 0 Å². The Kier molecular flexibility index (Phi) is 4.37. The summed E-state index contributed by atoms with van der Waals surface area (Å²) >= 11 is 1.81. The van der Waals surface area contributed by atoms with Crippen LogP contribution in [0.5, 0.6) is 0 Å². The van der Waals surface area contributed by atoms with Crippen LogP contribution in [0.4, 0.5) is 0 Å². The number of hydrogen-bond acceptors (Lipinski definition) is 5. The molecule has 6 heteroatoms. The lowest BCUT2D eigenvalue weighted by Crippen LogP contribution is -2.51. The smallest absolute Gasteiger partial charge is 0.122 e. The highest BCUT2D eigenvalue weighted by Gasteiger charge is 2.24. The van der Waals surface area contributed by atoms with Gasteiger partial charge in [-0.1, -0.05) is 0 Å². The molecule has 3 rings (SSSR count). The SMILES string of the molecule is Cc1ncc(CN2CCN(Cc3nccn3C)C(C)C2)s1. The predicted octanol–water partition coefficient (Wildman–Crippen LogP) is 1.89. The molecule has 1 saturated heterocycles. The molecule has 0 amide bonds. The Balaban J connectivity index is 1.55. The highest BCUT2D eigenvalue weighted by atomic mass is 32.1. The molecule has 1 aliphatic rings. The quantitative estimate of drug-likeness (QED) is 0.864. The minimum atomic E-state index is 0.560. The van der Waals surface area contributed by atoms with Crippen LogP contribution in [0.3, 0.4) is 0 Å². The van der Waals surface area contributed by atoms with Crippen molar-refractivity contribution in [3.63, 3.8) is 0 Å². The van der Waals surface area contributed by atoms with E-state index in [2.05, 4.69) is 45.2 Å². The van der Waals surface area contributed by atoms with Crippen LogP contribution in [0.2, 0.25) is 0 Å². The van der Waals surface area contributed by atoms with E-state index in [0.29, 0.717) is 6.04 Å². The molecule has 1 aliphatic heterocycles. The van der Waals surface area contributed by atoms with Gasteiger partial charge in [0.25, 0.3) is 0 Å². The van der Waals surface area contributed by atoms with Gasteiger partial charge in [-0.3, -0.25) is 9.80 Å². The van der Waals surface area contributed by atoms with Crippen molar-refractivity contribution in [3.05, 3.63) is 34.3 Å². The van der Waals surface area contributed by atoms with Gasteiger partial charge in [-0.25, -0.2) is 9.97 Å². The molecule has 0 spiro atoms. The van der Waals surface area contributed by atoms with Gasteiger partial charge in [-0.05, 0) is 13.8 Å². The third-order valence-electron chi connectivity index (χ3n) is 4.16. The van der Waals surface area contributed by atoms with Crippen molar-refractivity contribution in [1.82, 2.24) is 24.3 Å². The fourth-order valence-electron chi connectivity index (χ4n) is 2.88. The Morgan fingerprint density at radius 2 is 2.14 bits per heavy atom. The fraction of sp³-hybridized carbons (Fsp3) is 0.600. The maximum Gasteiger partial charge on any atom is 0.122 e. The topological polar surface area (TPSA) is 37.2 Å². The average Bonchev–Trinajstić information content (AvgIpc) is 3.02. The van der Waals surface area contributed by atoms with Gasteiger partial charge < -0.3 is 4.57 Å². The van der Waals surface area contributed by atoms with E-state index in [9.17, 15) is 0 Å². The van der Waals surface area contributed by atoms with Crippen molar-refractivity contribution in [2.24, 2.45) is 7.05 Å². The molecule has 3 heterocycles. The minimum Gasteiger partial charge on any atom is -0.337 e. The van der Waals surface area contributed by atoms with E-state index in [4.69, 9.17) is 0 Å². The molecule has 0 N–H and O–H groups in total. The Labute approximate surface area is 130 Å². The molecular formula is C15H23N5S. The monoisotopic (exact) mass is 305 g/mol. The number of nitrogens with zero attached hydrogens (tertiary/aromatic N) is 5. The summed E-state index contributed by atoms with van der Waals surface area (Å²) in [6.07, 6.45) is 5.91. The van der Waals surface area contributed by atoms with Gasteiger partial charge in [0.1, 0.15) is 5.82 Å². The van der Waals surface area contributed by atoms with Crippen LogP contribution in [0, 0.1) is 6.92 Å². The largest absolute Gasteiger partial charge is 0.337 e. The zero-order valence-electron chi connectivity index (χ0n) is 13.0. The highest BCUT2D eigenvalue weighted by Crippen LogP contribution is 2.18. The maximum absolute atomic E-state index is 4.43. The van der Waals surface area contributed by atoms with Gasteiger partial charge in [-0.2, -0.15) is 0 Å². The summed E-state index contributed by atoms with van der Waals surface area (Å²) in [6, 6.07) is 0.560. The van der Waals surface area contributed by atoms with Crippen LogP contribution in [-0.4, -0.2) is 50.0 Å². The van der Waals surface area contributed by atoms with E-state index in [1.54, 1.807) is 0 Å². The Hall–Kier alpha value is -1.24. The molecule has 2 aromatic rings. The summed E-state index contributed by atoms with van der Waals surface area (Å²) < 4.78 is 2.11. The van der Waals surface area contributed by atoms with Gasteiger partial charge in [0.2, 0.25) is 0 Å². The fourth-order valence-corrected chi connectivity index (χ4v) is 3.72. The Bertz CT molecular complexity index is 590. The molecule has 0 aromatic carbocycles. The van der Waals surface area contributed by atoms with Gasteiger partial charge in [0, 0.05) is 62.7 Å². The number of rotatable bonds is 4. The lowest BCUT2D eigenvalue weighted by Gasteiger charge is -2.39. The molecule has 1 unspecified atom stereocenters. The average molecular weight is 305 g/mol. The van der Waals surface area contributed by atoms with Crippen LogP contribution >= 0.6 is 11.3 Å². The van der Waals surface area contributed by atoms with Crippen molar-refractivity contribution in [1.29, 1.82) is 0 Å². The summed E-state index contributed by atoms with van der Waals surface area (Å²) in [5.41, 5.74) is 0. The third kappa shape index (κ3) is 3.51. The van der Waals surface area contributed by atoms with E-state index in [0.717, 1.165) is 43.6 Å². The summed E-state index contributed by atoms with van der Waals surface area (Å²) in [7, 11) is 2.06. The molecule has 5 nitrogen and oxygen atoms in total. The molecule has 0 radical (unpaired) electrons. The first-order valence-electron chi connectivity index (χ1n) is 7.45. The predicted molar refractivity (Wildman–Crippen MR) is 85.2 cm³/mol. The first kappa shape index (κ1) is 14.7. The van der Waals surface area contributed by atoms with Crippen molar-refractivity contribution in [3.8, 4) is 0 Å². The lowest BCUT2D eigenvalue weighted by atomic mass is 10.2. The summed E-state index contributed by atoms with van der Waals surface area (Å²) in [5, 5.41) is 1.16. The molecule has 0 aliphatic carbocycles. The van der Waals surface area contributed by atoms with Crippen LogP contribution in [-0.2, 0) is 20.1 Å². The van der Waals surface area contributed by atoms with Crippen LogP contribution in [0.25, 0.3) is 0 Å². The second-order valence-corrected chi connectivity index (χ2v) is 7.17. The van der Waals surface area contributed by atoms with Crippen LogP contribution < -0.4 is 0 Å². The first-order valence-corrected chi connectivity index (χ1v) is 8.27. The molecule has 0 saturated carbocycles. The zero-order chi connectivity index (χ0) is 14.8. The van der Waals surface area contributed by atoms with Crippen molar-refractivity contribution >= 4 is 11.3 Å². The molecule has 114 valence electrons. The van der Waals surface area contributed by atoms with Crippen LogP contribution in [0.1, 0.15) is 22.6 Å². The summed E-state index contributed by atoms with van der Waals surface area (Å²) in [6.45, 7) is 9.69. The van der Waals surface area contributed by atoms with Gasteiger partial charge in [0.15, 0.2) is 0 Å². The Morgan fingerprint density at radius 1 is 1.29 bits per heavy atom. The number of hydrogen-bond donors (Lipinski definition) is 0. The standard InChI is InChI=1S/C15H23N5S/c1-12-9-19(10-14-8-17-13(2)21-14)6-7-20(12)11-15-16-4-5-18(15)3/h4-5,8,12H,6-7,9-11H2,1-3H3. The molecule has 2 aromatic heterocycles. The van der Waals surface area contributed by atoms with Crippen LogP contribution in [0.15, 0.2) is 18.6 Å². The summed E-state index contributed by atoms with van der Waals surface area (Å²) in [5.74, 6) is 1.15. The molecular weight excluding hydrogens is 282 g/mol. The highest BCUT2D eigenvalue weighted by molar-refractivity contribution is 7.11. The number of aryl methyl sites for hydroxylation is 2. The minimum absolute atomic E-state index is 0.560. The molecule has 1 atom stereocenters. The zero-order valence-corrected chi connectivity index (χ0v) is 13.8. The number of piperazine rings is 1. The maximum atomic E-state index is 4.43. The van der Waals surface area contributed by atoms with E-state index in [-0.39, 0.29) is 0 Å². The lowest BCUT2D eigenvalue weighted by molar-refractivity contribution is 0.0713. The third-order valence-corrected chi connectivity index (χ3v) is 5.06. The second kappa shape index (κ2) is 6.25. The normalized spacial score (nSPS) is 21.0. The number of imidazole rings is 1. The van der Waals surface area contributed by atoms with Gasteiger partial charge in [0.05, 0.1) is 11.6 Å². The van der Waals surface area contributed by atoms with E-state index in [1.165, 1.54) is 4.88 Å². The van der Waals surface area contributed by atoms with Gasteiger partial charge in [-0.15, -0.1) is 11.3 Å². The number of thiazole rings is 1. The summed E-state index contributed by atoms with van der Waals surface area (Å²) in [4.78, 5) is 15.2.